The van der Waals surface area contributed by atoms with E-state index in [2.05, 4.69) is 30.3 Å². The highest BCUT2D eigenvalue weighted by molar-refractivity contribution is 7.91. The van der Waals surface area contributed by atoms with Crippen LogP contribution in [0.15, 0.2) is 53.5 Å². The number of nitrogens with one attached hydrogen (secondary N) is 3. The number of halogens is 2. The van der Waals surface area contributed by atoms with Gasteiger partial charge in [-0.1, -0.05) is 18.2 Å². The summed E-state index contributed by atoms with van der Waals surface area (Å²) >= 11 is 0. The summed E-state index contributed by atoms with van der Waals surface area (Å²) in [4.78, 5) is 26.7. The number of sulfonamides is 1. The van der Waals surface area contributed by atoms with Gasteiger partial charge in [-0.2, -0.15) is 10.2 Å². The molecule has 0 amide bonds. The molecule has 1 aliphatic rings. The van der Waals surface area contributed by atoms with E-state index >= 15 is 4.39 Å². The van der Waals surface area contributed by atoms with Gasteiger partial charge in [0.2, 0.25) is 16.0 Å². The van der Waals surface area contributed by atoms with Gasteiger partial charge in [0.15, 0.2) is 5.65 Å². The summed E-state index contributed by atoms with van der Waals surface area (Å²) < 4.78 is 57.9. The number of aromatic nitrogens is 4. The minimum Gasteiger partial charge on any atom is -0.350 e. The number of piperidine rings is 1. The van der Waals surface area contributed by atoms with Gasteiger partial charge in [-0.3, -0.25) is 14.1 Å². The van der Waals surface area contributed by atoms with E-state index in [1.807, 2.05) is 6.07 Å². The largest absolute Gasteiger partial charge is 0.350 e. The first-order valence-electron chi connectivity index (χ1n) is 13.2. The topological polar surface area (TPSA) is 155 Å². The van der Waals surface area contributed by atoms with Crippen LogP contribution < -0.4 is 20.9 Å². The molecule has 0 bridgehead atoms. The molecule has 14 heteroatoms. The third kappa shape index (κ3) is 6.37. The predicted octanol–water partition coefficient (Wildman–Crippen LogP) is 3.50. The van der Waals surface area contributed by atoms with Gasteiger partial charge in [-0.05, 0) is 43.7 Å². The molecule has 4 aromatic rings. The Bertz CT molecular complexity index is 1840. The normalized spacial score (nSPS) is 17.2. The fourth-order valence-electron chi connectivity index (χ4n) is 4.76. The Kier molecular flexibility index (Phi) is 8.15. The summed E-state index contributed by atoms with van der Waals surface area (Å²) in [5, 5.41) is 15.0. The van der Waals surface area contributed by atoms with E-state index in [1.165, 1.54) is 47.2 Å². The van der Waals surface area contributed by atoms with Crippen LogP contribution in [0.4, 0.5) is 20.4 Å². The van der Waals surface area contributed by atoms with Gasteiger partial charge in [0.05, 0.1) is 29.3 Å². The van der Waals surface area contributed by atoms with Crippen molar-refractivity contribution < 1.29 is 17.2 Å². The first-order valence-corrected chi connectivity index (χ1v) is 14.9. The van der Waals surface area contributed by atoms with Gasteiger partial charge in [0.25, 0.3) is 5.56 Å². The number of nitrogens with zero attached hydrogens (tertiary/aromatic N) is 5. The summed E-state index contributed by atoms with van der Waals surface area (Å²) in [5.74, 6) is -1.08. The molecular weight excluding hydrogens is 566 g/mol. The van der Waals surface area contributed by atoms with Crippen molar-refractivity contribution in [3.8, 4) is 17.3 Å². The lowest BCUT2D eigenvalue weighted by atomic mass is 10.1. The molecule has 1 saturated heterocycles. The van der Waals surface area contributed by atoms with Gasteiger partial charge in [-0.15, -0.1) is 0 Å². The van der Waals surface area contributed by atoms with Crippen molar-refractivity contribution in [1.29, 1.82) is 5.26 Å². The third-order valence-corrected chi connectivity index (χ3v) is 7.97. The molecule has 218 valence electrons. The molecule has 0 spiro atoms. The second kappa shape index (κ2) is 11.8. The zero-order valence-electron chi connectivity index (χ0n) is 22.8. The Labute approximate surface area is 240 Å². The zero-order valence-corrected chi connectivity index (χ0v) is 23.6. The van der Waals surface area contributed by atoms with Crippen molar-refractivity contribution in [3.05, 3.63) is 76.0 Å². The highest BCUT2D eigenvalue weighted by atomic mass is 32.2. The number of anilines is 2. The maximum atomic E-state index is 15.1. The van der Waals surface area contributed by atoms with Crippen molar-refractivity contribution in [2.75, 3.05) is 23.1 Å². The quantitative estimate of drug-likeness (QED) is 0.278. The van der Waals surface area contributed by atoms with Crippen LogP contribution in [0.25, 0.3) is 22.4 Å². The predicted molar refractivity (Wildman–Crippen MR) is 155 cm³/mol. The van der Waals surface area contributed by atoms with E-state index in [1.54, 1.807) is 13.8 Å². The standard InChI is InChI=1S/C28H28F2N8O3S/c1-16(2)38-26-24(14-33-28(36-26)34-21-10-20(29)12-32-13-21)35-25(27(38)39)19-7-8-23(22(30)9-19)37-42(40,41)15-18-5-3-17(11-31)4-6-18/h3-9,14,16,20-21,32,37H,10,12-13,15H2,1-2H3,(H,33,34,36)/t20-,21-/m0/s1. The lowest BCUT2D eigenvalue weighted by Gasteiger charge is -2.26. The summed E-state index contributed by atoms with van der Waals surface area (Å²) in [6.07, 6.45) is 0.757. The van der Waals surface area contributed by atoms with Crippen molar-refractivity contribution >= 4 is 32.8 Å². The van der Waals surface area contributed by atoms with Gasteiger partial charge in [0, 0.05) is 37.2 Å². The summed E-state index contributed by atoms with van der Waals surface area (Å²) in [6.45, 7) is 4.43. The molecule has 0 unspecified atom stereocenters. The van der Waals surface area contributed by atoms with Crippen LogP contribution in [0.2, 0.25) is 0 Å². The summed E-state index contributed by atoms with van der Waals surface area (Å²) in [6, 6.07) is 11.1. The van der Waals surface area contributed by atoms with Crippen molar-refractivity contribution in [3.63, 3.8) is 0 Å². The van der Waals surface area contributed by atoms with Crippen LogP contribution in [0.5, 0.6) is 0 Å². The molecule has 2 aromatic carbocycles. The van der Waals surface area contributed by atoms with Gasteiger partial charge < -0.3 is 10.6 Å². The van der Waals surface area contributed by atoms with Crippen LogP contribution >= 0.6 is 0 Å². The Balaban J connectivity index is 1.43. The Hall–Kier alpha value is -4.48. The van der Waals surface area contributed by atoms with E-state index < -0.39 is 33.3 Å². The highest BCUT2D eigenvalue weighted by Gasteiger charge is 2.23. The van der Waals surface area contributed by atoms with Crippen molar-refractivity contribution in [2.45, 2.75) is 44.3 Å². The van der Waals surface area contributed by atoms with E-state index in [0.29, 0.717) is 36.2 Å². The van der Waals surface area contributed by atoms with Crippen LogP contribution in [-0.4, -0.2) is 53.2 Å². The highest BCUT2D eigenvalue weighted by Crippen LogP contribution is 2.25. The van der Waals surface area contributed by atoms with E-state index in [0.717, 1.165) is 6.07 Å². The number of hydrogen-bond acceptors (Lipinski definition) is 9. The van der Waals surface area contributed by atoms with Gasteiger partial charge >= 0.3 is 0 Å². The zero-order chi connectivity index (χ0) is 30.0. The maximum Gasteiger partial charge on any atom is 0.278 e. The van der Waals surface area contributed by atoms with Crippen LogP contribution in [0.1, 0.15) is 37.4 Å². The molecule has 1 aliphatic heterocycles. The molecule has 0 aliphatic carbocycles. The molecule has 3 N–H and O–H groups in total. The number of fused-ring (bicyclic) bond motifs is 1. The molecule has 3 heterocycles. The molecule has 0 radical (unpaired) electrons. The molecule has 2 atom stereocenters. The summed E-state index contributed by atoms with van der Waals surface area (Å²) in [7, 11) is -3.98. The van der Waals surface area contributed by atoms with Crippen LogP contribution in [0, 0.1) is 17.1 Å². The van der Waals surface area contributed by atoms with Crippen LogP contribution in [0.3, 0.4) is 0 Å². The molecule has 2 aromatic heterocycles. The van der Waals surface area contributed by atoms with Crippen LogP contribution in [-0.2, 0) is 15.8 Å². The second-order valence-corrected chi connectivity index (χ2v) is 12.1. The minimum atomic E-state index is -3.98. The van der Waals surface area contributed by atoms with E-state index in [4.69, 9.17) is 5.26 Å². The first kappa shape index (κ1) is 29.0. The average Bonchev–Trinajstić information content (AvgIpc) is 2.94. The minimum absolute atomic E-state index is 0.0526. The number of rotatable bonds is 8. The lowest BCUT2D eigenvalue weighted by Crippen LogP contribution is -2.44. The second-order valence-electron chi connectivity index (χ2n) is 10.3. The van der Waals surface area contributed by atoms with E-state index in [-0.39, 0.29) is 40.6 Å². The first-order chi connectivity index (χ1) is 20.0. The lowest BCUT2D eigenvalue weighted by molar-refractivity contribution is 0.254. The number of alkyl halides is 1. The van der Waals surface area contributed by atoms with E-state index in [9.17, 15) is 17.6 Å². The van der Waals surface area contributed by atoms with Crippen molar-refractivity contribution in [2.24, 2.45) is 0 Å². The third-order valence-electron chi connectivity index (χ3n) is 6.73. The monoisotopic (exact) mass is 594 g/mol. The molecule has 5 rings (SSSR count). The molecule has 11 nitrogen and oxygen atoms in total. The fourth-order valence-corrected chi connectivity index (χ4v) is 5.97. The molecule has 0 saturated carbocycles. The maximum absolute atomic E-state index is 15.1. The molecule has 42 heavy (non-hydrogen) atoms. The Morgan fingerprint density at radius 3 is 2.60 bits per heavy atom. The SMILES string of the molecule is CC(C)n1c(=O)c(-c2ccc(NS(=O)(=O)Cc3ccc(C#N)cc3)c(F)c2)nc2cnc(N[C@@H]3CNC[C@@H](F)C3)nc21. The van der Waals surface area contributed by atoms with Gasteiger partial charge in [0.1, 0.15) is 23.2 Å². The molecular formula is C28H28F2N8O3S. The Morgan fingerprint density at radius 2 is 1.93 bits per heavy atom. The van der Waals surface area contributed by atoms with Crippen molar-refractivity contribution in [1.82, 2.24) is 24.8 Å². The van der Waals surface area contributed by atoms with Gasteiger partial charge in [-0.25, -0.2) is 27.2 Å². The number of hydrogen-bond donors (Lipinski definition) is 3. The average molecular weight is 595 g/mol. The molecule has 1 fully saturated rings. The fraction of sp³-hybridized carbons (Fsp3) is 0.321. The smallest absolute Gasteiger partial charge is 0.278 e. The summed E-state index contributed by atoms with van der Waals surface area (Å²) in [5.41, 5.74) is 0.669. The number of benzene rings is 2. The number of nitriles is 1. The Morgan fingerprint density at radius 1 is 1.17 bits per heavy atom.